The summed E-state index contributed by atoms with van der Waals surface area (Å²) in [5.41, 5.74) is 0.834. The quantitative estimate of drug-likeness (QED) is 0.677. The predicted octanol–water partition coefficient (Wildman–Crippen LogP) is 2.13. The van der Waals surface area contributed by atoms with E-state index in [0.29, 0.717) is 0 Å². The Bertz CT molecular complexity index is 313. The van der Waals surface area contributed by atoms with Crippen molar-refractivity contribution in [2.24, 2.45) is 0 Å². The minimum Gasteiger partial charge on any atom is -0.472 e. The van der Waals surface area contributed by atoms with Crippen molar-refractivity contribution in [1.82, 2.24) is 0 Å². The number of ether oxygens (including phenoxy) is 1. The van der Waals surface area contributed by atoms with Crippen molar-refractivity contribution in [2.45, 2.75) is 37.9 Å². The summed E-state index contributed by atoms with van der Waals surface area (Å²) < 4.78 is 10.6. The van der Waals surface area contributed by atoms with E-state index in [4.69, 9.17) is 9.15 Å². The molecule has 2 rings (SSSR count). The van der Waals surface area contributed by atoms with Gasteiger partial charge in [0.2, 0.25) is 0 Å². The van der Waals surface area contributed by atoms with Gasteiger partial charge in [0.15, 0.2) is 0 Å². The first-order valence-corrected chi connectivity index (χ1v) is 4.77. The third-order valence-corrected chi connectivity index (χ3v) is 2.67. The maximum absolute atomic E-state index is 10.8. The lowest BCUT2D eigenvalue weighted by Crippen LogP contribution is -2.20. The van der Waals surface area contributed by atoms with Gasteiger partial charge in [0, 0.05) is 5.92 Å². The van der Waals surface area contributed by atoms with Crippen LogP contribution in [0, 0.1) is 0 Å². The highest BCUT2D eigenvalue weighted by Gasteiger charge is 2.41. The molecule has 0 amide bonds. The van der Waals surface area contributed by atoms with E-state index in [2.05, 4.69) is 0 Å². The standard InChI is InChI=1S/C11H14O3/c1-11(2)5-9(10(6-12)14-11)8-3-4-13-7-8/h3-4,6-7,9-10H,5H2,1-2H3. The minimum atomic E-state index is -0.331. The molecule has 0 bridgehead atoms. The molecule has 0 N–H and O–H groups in total. The van der Waals surface area contributed by atoms with Crippen LogP contribution < -0.4 is 0 Å². The molecule has 0 saturated carbocycles. The van der Waals surface area contributed by atoms with E-state index in [9.17, 15) is 4.79 Å². The molecule has 2 heterocycles. The molecule has 0 spiro atoms. The van der Waals surface area contributed by atoms with Crippen molar-refractivity contribution >= 4 is 6.29 Å². The summed E-state index contributed by atoms with van der Waals surface area (Å²) in [4.78, 5) is 10.8. The summed E-state index contributed by atoms with van der Waals surface area (Å²) in [6.07, 6.45) is 4.72. The monoisotopic (exact) mass is 194 g/mol. The van der Waals surface area contributed by atoms with Gasteiger partial charge in [0.1, 0.15) is 12.4 Å². The largest absolute Gasteiger partial charge is 0.472 e. The van der Waals surface area contributed by atoms with Crippen LogP contribution in [0.1, 0.15) is 31.7 Å². The third-order valence-electron chi connectivity index (χ3n) is 2.67. The fourth-order valence-electron chi connectivity index (χ4n) is 2.06. The Morgan fingerprint density at radius 1 is 1.57 bits per heavy atom. The Hall–Kier alpha value is -1.09. The highest BCUT2D eigenvalue weighted by Crippen LogP contribution is 2.40. The first-order chi connectivity index (χ1) is 6.62. The zero-order chi connectivity index (χ0) is 10.2. The lowest BCUT2D eigenvalue weighted by atomic mass is 9.90. The van der Waals surface area contributed by atoms with Crippen molar-refractivity contribution in [3.63, 3.8) is 0 Å². The van der Waals surface area contributed by atoms with Gasteiger partial charge in [0.05, 0.1) is 18.1 Å². The molecule has 76 valence electrons. The van der Waals surface area contributed by atoms with Gasteiger partial charge < -0.3 is 13.9 Å². The van der Waals surface area contributed by atoms with Crippen molar-refractivity contribution in [3.05, 3.63) is 24.2 Å². The number of hydrogen-bond donors (Lipinski definition) is 0. The second-order valence-corrected chi connectivity index (χ2v) is 4.35. The molecule has 2 unspecified atom stereocenters. The average molecular weight is 194 g/mol. The molecule has 0 radical (unpaired) electrons. The van der Waals surface area contributed by atoms with Crippen LogP contribution >= 0.6 is 0 Å². The Labute approximate surface area is 83.0 Å². The molecule has 14 heavy (non-hydrogen) atoms. The SMILES string of the molecule is CC1(C)CC(c2ccoc2)C(C=O)O1. The Morgan fingerprint density at radius 2 is 2.36 bits per heavy atom. The van der Waals surface area contributed by atoms with E-state index in [0.717, 1.165) is 18.3 Å². The van der Waals surface area contributed by atoms with Gasteiger partial charge in [-0.1, -0.05) is 0 Å². The average Bonchev–Trinajstić information content (AvgIpc) is 2.70. The lowest BCUT2D eigenvalue weighted by Gasteiger charge is -2.16. The molecule has 1 saturated heterocycles. The van der Waals surface area contributed by atoms with E-state index in [1.165, 1.54) is 0 Å². The van der Waals surface area contributed by atoms with E-state index in [1.807, 2.05) is 19.9 Å². The fraction of sp³-hybridized carbons (Fsp3) is 0.545. The van der Waals surface area contributed by atoms with Crippen LogP contribution in [-0.4, -0.2) is 18.0 Å². The number of hydrogen-bond acceptors (Lipinski definition) is 3. The fourth-order valence-corrected chi connectivity index (χ4v) is 2.06. The Balaban J connectivity index is 2.23. The molecule has 3 heteroatoms. The summed E-state index contributed by atoms with van der Waals surface area (Å²) in [5, 5.41) is 0. The molecule has 1 aromatic heterocycles. The molecular formula is C11H14O3. The summed E-state index contributed by atoms with van der Waals surface area (Å²) >= 11 is 0. The number of rotatable bonds is 2. The molecule has 0 aromatic carbocycles. The van der Waals surface area contributed by atoms with Gasteiger partial charge >= 0.3 is 0 Å². The van der Waals surface area contributed by atoms with Crippen molar-refractivity contribution < 1.29 is 13.9 Å². The van der Waals surface area contributed by atoms with Crippen LogP contribution in [-0.2, 0) is 9.53 Å². The topological polar surface area (TPSA) is 39.4 Å². The van der Waals surface area contributed by atoms with Gasteiger partial charge in [-0.3, -0.25) is 0 Å². The summed E-state index contributed by atoms with van der Waals surface area (Å²) in [6, 6.07) is 1.89. The van der Waals surface area contributed by atoms with E-state index in [1.54, 1.807) is 12.5 Å². The Kier molecular flexibility index (Phi) is 2.19. The first-order valence-electron chi connectivity index (χ1n) is 4.77. The highest BCUT2D eigenvalue weighted by atomic mass is 16.5. The van der Waals surface area contributed by atoms with E-state index < -0.39 is 0 Å². The summed E-state index contributed by atoms with van der Waals surface area (Å²) in [5.74, 6) is 0.140. The predicted molar refractivity (Wildman–Crippen MR) is 51.1 cm³/mol. The van der Waals surface area contributed by atoms with Crippen molar-refractivity contribution in [3.8, 4) is 0 Å². The van der Waals surface area contributed by atoms with Gasteiger partial charge in [-0.05, 0) is 31.9 Å². The molecule has 1 fully saturated rings. The van der Waals surface area contributed by atoms with Crippen LogP contribution in [0.5, 0.6) is 0 Å². The van der Waals surface area contributed by atoms with Crippen molar-refractivity contribution in [2.75, 3.05) is 0 Å². The smallest absolute Gasteiger partial charge is 0.149 e. The van der Waals surface area contributed by atoms with Crippen LogP contribution in [0.3, 0.4) is 0 Å². The molecule has 0 aliphatic carbocycles. The van der Waals surface area contributed by atoms with Gasteiger partial charge in [0.25, 0.3) is 0 Å². The van der Waals surface area contributed by atoms with E-state index >= 15 is 0 Å². The molecule has 1 aromatic rings. The van der Waals surface area contributed by atoms with Gasteiger partial charge in [-0.15, -0.1) is 0 Å². The van der Waals surface area contributed by atoms with Crippen LogP contribution in [0.2, 0.25) is 0 Å². The molecule has 3 nitrogen and oxygen atoms in total. The van der Waals surface area contributed by atoms with Crippen molar-refractivity contribution in [1.29, 1.82) is 0 Å². The molecule has 1 aliphatic rings. The maximum atomic E-state index is 10.8. The zero-order valence-corrected chi connectivity index (χ0v) is 8.40. The highest BCUT2D eigenvalue weighted by molar-refractivity contribution is 5.59. The third kappa shape index (κ3) is 1.60. The summed E-state index contributed by atoms with van der Waals surface area (Å²) in [6.45, 7) is 4.01. The lowest BCUT2D eigenvalue weighted by molar-refractivity contribution is -0.121. The molecular weight excluding hydrogens is 180 g/mol. The molecule has 1 aliphatic heterocycles. The minimum absolute atomic E-state index is 0.140. The molecule has 2 atom stereocenters. The zero-order valence-electron chi connectivity index (χ0n) is 8.40. The van der Waals surface area contributed by atoms with Gasteiger partial charge in [-0.2, -0.15) is 0 Å². The van der Waals surface area contributed by atoms with Gasteiger partial charge in [-0.25, -0.2) is 0 Å². The number of carbonyl (C=O) groups is 1. The second kappa shape index (κ2) is 3.24. The van der Waals surface area contributed by atoms with Crippen LogP contribution in [0.25, 0.3) is 0 Å². The first kappa shape index (κ1) is 9.46. The normalized spacial score (nSPS) is 30.4. The number of carbonyl (C=O) groups excluding carboxylic acids is 1. The summed E-state index contributed by atoms with van der Waals surface area (Å²) in [7, 11) is 0. The van der Waals surface area contributed by atoms with E-state index in [-0.39, 0.29) is 17.6 Å². The second-order valence-electron chi connectivity index (χ2n) is 4.35. The van der Waals surface area contributed by atoms with Crippen LogP contribution in [0.15, 0.2) is 23.0 Å². The number of furan rings is 1. The van der Waals surface area contributed by atoms with Crippen LogP contribution in [0.4, 0.5) is 0 Å². The number of aldehydes is 1. The Morgan fingerprint density at radius 3 is 2.93 bits per heavy atom. The maximum Gasteiger partial charge on any atom is 0.149 e.